The quantitative estimate of drug-likeness (QED) is 0.141. The highest BCUT2D eigenvalue weighted by Gasteiger charge is 2.19. The van der Waals surface area contributed by atoms with E-state index in [-0.39, 0.29) is 17.9 Å². The van der Waals surface area contributed by atoms with Crippen molar-refractivity contribution in [1.82, 2.24) is 9.78 Å². The molecule has 0 aliphatic rings. The first-order chi connectivity index (χ1) is 17.1. The van der Waals surface area contributed by atoms with Crippen LogP contribution in [0.4, 0.5) is 0 Å². The summed E-state index contributed by atoms with van der Waals surface area (Å²) in [4.78, 5) is 38.3. The number of fused-ring (bicyclic) bond motifs is 4. The van der Waals surface area contributed by atoms with E-state index in [4.69, 9.17) is 9.15 Å². The van der Waals surface area contributed by atoms with Crippen molar-refractivity contribution in [2.75, 3.05) is 0 Å². The SMILES string of the molecule is CCCCCn1nc(C(=O)OCc2cc(=O)oc3ccc4ccccc4c23)c2ccccc2c1=O. The second kappa shape index (κ2) is 9.54. The predicted molar refractivity (Wildman–Crippen MR) is 135 cm³/mol. The summed E-state index contributed by atoms with van der Waals surface area (Å²) in [5.41, 5.74) is 0.296. The smallest absolute Gasteiger partial charge is 0.359 e. The van der Waals surface area contributed by atoms with Crippen LogP contribution in [0.2, 0.25) is 0 Å². The molecule has 3 aromatic carbocycles. The number of carbonyl (C=O) groups excluding carboxylic acids is 1. The average molecular weight is 469 g/mol. The standard InChI is InChI=1S/C28H24N2O5/c1-2-3-8-15-30-27(32)22-12-7-6-11-21(22)26(29-30)28(33)34-17-19-16-24(31)35-23-14-13-18-9-4-5-10-20(18)25(19)23/h4-7,9-14,16H,2-3,8,15,17H2,1H3. The Bertz CT molecular complexity index is 1680. The normalized spacial score (nSPS) is 11.3. The van der Waals surface area contributed by atoms with Crippen molar-refractivity contribution in [3.8, 4) is 0 Å². The molecule has 5 rings (SSSR count). The number of unbranched alkanes of at least 4 members (excludes halogenated alkanes) is 2. The van der Waals surface area contributed by atoms with Crippen molar-refractivity contribution >= 4 is 38.5 Å². The van der Waals surface area contributed by atoms with Gasteiger partial charge in [0.2, 0.25) is 0 Å². The highest BCUT2D eigenvalue weighted by atomic mass is 16.5. The molecule has 2 heterocycles. The molecule has 0 radical (unpaired) electrons. The van der Waals surface area contributed by atoms with Gasteiger partial charge in [-0.05, 0) is 29.3 Å². The fourth-order valence-corrected chi connectivity index (χ4v) is 4.39. The third-order valence-electron chi connectivity index (χ3n) is 6.11. The van der Waals surface area contributed by atoms with Crippen LogP contribution >= 0.6 is 0 Å². The largest absolute Gasteiger partial charge is 0.456 e. The van der Waals surface area contributed by atoms with E-state index in [1.54, 1.807) is 30.3 Å². The molecule has 0 N–H and O–H groups in total. The second-order valence-corrected chi connectivity index (χ2v) is 8.46. The minimum Gasteiger partial charge on any atom is -0.456 e. The van der Waals surface area contributed by atoms with Gasteiger partial charge in [-0.1, -0.05) is 68.3 Å². The van der Waals surface area contributed by atoms with Crippen molar-refractivity contribution in [3.63, 3.8) is 0 Å². The Kier molecular flexibility index (Phi) is 6.14. The van der Waals surface area contributed by atoms with Gasteiger partial charge in [0.05, 0.1) is 5.39 Å². The number of benzene rings is 3. The first-order valence-corrected chi connectivity index (χ1v) is 11.7. The molecule has 7 nitrogen and oxygen atoms in total. The Morgan fingerprint density at radius 2 is 1.69 bits per heavy atom. The molecule has 176 valence electrons. The molecule has 0 bridgehead atoms. The van der Waals surface area contributed by atoms with E-state index in [1.807, 2.05) is 30.3 Å². The summed E-state index contributed by atoms with van der Waals surface area (Å²) in [6.45, 7) is 2.37. The fourth-order valence-electron chi connectivity index (χ4n) is 4.39. The molecule has 0 saturated heterocycles. The van der Waals surface area contributed by atoms with Gasteiger partial charge in [-0.3, -0.25) is 4.79 Å². The van der Waals surface area contributed by atoms with Crippen LogP contribution < -0.4 is 11.2 Å². The number of carbonyl (C=O) groups is 1. The van der Waals surface area contributed by atoms with Crippen molar-refractivity contribution in [3.05, 3.63) is 98.8 Å². The molecule has 0 spiro atoms. The summed E-state index contributed by atoms with van der Waals surface area (Å²) in [6.07, 6.45) is 2.75. The average Bonchev–Trinajstić information content (AvgIpc) is 2.88. The van der Waals surface area contributed by atoms with Gasteiger partial charge in [-0.2, -0.15) is 5.10 Å². The first kappa shape index (κ1) is 22.5. The topological polar surface area (TPSA) is 91.4 Å². The number of nitrogens with zero attached hydrogens (tertiary/aromatic N) is 2. The molecular formula is C28H24N2O5. The van der Waals surface area contributed by atoms with Gasteiger partial charge in [0.1, 0.15) is 12.2 Å². The third kappa shape index (κ3) is 4.33. The Morgan fingerprint density at radius 3 is 2.49 bits per heavy atom. The van der Waals surface area contributed by atoms with Crippen LogP contribution in [0.3, 0.4) is 0 Å². The van der Waals surface area contributed by atoms with Gasteiger partial charge in [-0.15, -0.1) is 0 Å². The van der Waals surface area contributed by atoms with Crippen molar-refractivity contribution in [2.24, 2.45) is 0 Å². The van der Waals surface area contributed by atoms with Crippen LogP contribution in [-0.2, 0) is 17.9 Å². The lowest BCUT2D eigenvalue weighted by atomic mass is 10.0. The lowest BCUT2D eigenvalue weighted by Crippen LogP contribution is -2.26. The van der Waals surface area contributed by atoms with Gasteiger partial charge in [0, 0.05) is 28.9 Å². The first-order valence-electron chi connectivity index (χ1n) is 11.7. The second-order valence-electron chi connectivity index (χ2n) is 8.46. The summed E-state index contributed by atoms with van der Waals surface area (Å²) in [6, 6.07) is 19.6. The molecule has 0 aliphatic heterocycles. The summed E-state index contributed by atoms with van der Waals surface area (Å²) in [7, 11) is 0. The minimum absolute atomic E-state index is 0.0776. The molecule has 0 amide bonds. The molecule has 0 saturated carbocycles. The lowest BCUT2D eigenvalue weighted by molar-refractivity contribution is 0.0466. The van der Waals surface area contributed by atoms with Gasteiger partial charge in [0.25, 0.3) is 5.56 Å². The van der Waals surface area contributed by atoms with E-state index in [9.17, 15) is 14.4 Å². The van der Waals surface area contributed by atoms with Crippen LogP contribution in [0.25, 0.3) is 32.5 Å². The monoisotopic (exact) mass is 468 g/mol. The molecule has 35 heavy (non-hydrogen) atoms. The van der Waals surface area contributed by atoms with E-state index >= 15 is 0 Å². The van der Waals surface area contributed by atoms with Gasteiger partial charge in [-0.25, -0.2) is 14.3 Å². The maximum absolute atomic E-state index is 13.2. The number of esters is 1. The lowest BCUT2D eigenvalue weighted by Gasteiger charge is -2.12. The van der Waals surface area contributed by atoms with Crippen LogP contribution in [0.1, 0.15) is 42.2 Å². The van der Waals surface area contributed by atoms with E-state index < -0.39 is 11.6 Å². The molecule has 0 unspecified atom stereocenters. The Hall–Kier alpha value is -4.26. The number of aryl methyl sites for hydroxylation is 1. The van der Waals surface area contributed by atoms with Gasteiger partial charge < -0.3 is 9.15 Å². The molecule has 2 aromatic heterocycles. The zero-order valence-electron chi connectivity index (χ0n) is 19.3. The van der Waals surface area contributed by atoms with E-state index in [0.29, 0.717) is 28.5 Å². The zero-order chi connectivity index (χ0) is 24.4. The minimum atomic E-state index is -0.660. The van der Waals surface area contributed by atoms with Crippen LogP contribution in [-0.4, -0.2) is 15.7 Å². The molecule has 5 aromatic rings. The highest BCUT2D eigenvalue weighted by Crippen LogP contribution is 2.28. The number of rotatable bonds is 7. The van der Waals surface area contributed by atoms with E-state index in [1.165, 1.54) is 10.7 Å². The molecule has 0 atom stereocenters. The van der Waals surface area contributed by atoms with Crippen molar-refractivity contribution in [2.45, 2.75) is 39.3 Å². The maximum atomic E-state index is 13.2. The van der Waals surface area contributed by atoms with E-state index in [0.717, 1.165) is 35.4 Å². The summed E-state index contributed by atoms with van der Waals surface area (Å²) in [5, 5.41) is 7.82. The van der Waals surface area contributed by atoms with Crippen molar-refractivity contribution < 1.29 is 13.9 Å². The zero-order valence-corrected chi connectivity index (χ0v) is 19.3. The number of hydrogen-bond donors (Lipinski definition) is 0. The highest BCUT2D eigenvalue weighted by molar-refractivity contribution is 6.07. The van der Waals surface area contributed by atoms with Crippen LogP contribution in [0, 0.1) is 0 Å². The van der Waals surface area contributed by atoms with Crippen molar-refractivity contribution in [1.29, 1.82) is 0 Å². The van der Waals surface area contributed by atoms with Gasteiger partial charge in [0.15, 0.2) is 5.69 Å². The summed E-state index contributed by atoms with van der Waals surface area (Å²) >= 11 is 0. The molecular weight excluding hydrogens is 444 g/mol. The van der Waals surface area contributed by atoms with E-state index in [2.05, 4.69) is 12.0 Å². The van der Waals surface area contributed by atoms with Crippen LogP contribution in [0.15, 0.2) is 80.7 Å². The Labute approximate surface area is 200 Å². The fraction of sp³-hybridized carbons (Fsp3) is 0.214. The van der Waals surface area contributed by atoms with Gasteiger partial charge >= 0.3 is 11.6 Å². The molecule has 0 fully saturated rings. The number of ether oxygens (including phenoxy) is 1. The number of hydrogen-bond acceptors (Lipinski definition) is 6. The molecule has 0 aliphatic carbocycles. The maximum Gasteiger partial charge on any atom is 0.359 e. The predicted octanol–water partition coefficient (Wildman–Crippen LogP) is 5.20. The Morgan fingerprint density at radius 1 is 0.943 bits per heavy atom. The number of aromatic nitrogens is 2. The summed E-state index contributed by atoms with van der Waals surface area (Å²) in [5.74, 6) is -0.660. The van der Waals surface area contributed by atoms with Crippen LogP contribution in [0.5, 0.6) is 0 Å². The Balaban J connectivity index is 1.53. The molecule has 7 heteroatoms. The third-order valence-corrected chi connectivity index (χ3v) is 6.11. The summed E-state index contributed by atoms with van der Waals surface area (Å²) < 4.78 is 12.4.